The molecule has 0 N–H and O–H groups in total. The lowest BCUT2D eigenvalue weighted by atomic mass is 10.0. The van der Waals surface area contributed by atoms with E-state index in [0.29, 0.717) is 16.8 Å². The molecule has 0 spiro atoms. The second-order valence-corrected chi connectivity index (χ2v) is 8.04. The standard InChI is InChI=1S/C18H20N4OS2/c1-6-22-16(23)15(12(4)14-8-7-10(2)11(3)9-14)25-18(22)19-17-21-20-13(5)24-17/h7-9H,6H2,1-5H3/b15-12-,19-18+. The molecule has 130 valence electrons. The lowest BCUT2D eigenvalue weighted by Crippen LogP contribution is -2.28. The van der Waals surface area contributed by atoms with E-state index in [4.69, 9.17) is 0 Å². The Morgan fingerprint density at radius 1 is 1.20 bits per heavy atom. The number of carbonyl (C=O) groups is 1. The van der Waals surface area contributed by atoms with Crippen LogP contribution in [-0.4, -0.2) is 32.7 Å². The van der Waals surface area contributed by atoms with Gasteiger partial charge in [-0.25, -0.2) is 0 Å². The molecule has 25 heavy (non-hydrogen) atoms. The topological polar surface area (TPSA) is 58.5 Å². The molecular weight excluding hydrogens is 352 g/mol. The Labute approximate surface area is 155 Å². The number of amides is 1. The maximum absolute atomic E-state index is 12.8. The van der Waals surface area contributed by atoms with Crippen molar-refractivity contribution in [2.24, 2.45) is 4.99 Å². The van der Waals surface area contributed by atoms with Crippen LogP contribution in [0.5, 0.6) is 0 Å². The molecule has 5 nitrogen and oxygen atoms in total. The van der Waals surface area contributed by atoms with Crippen LogP contribution in [0.25, 0.3) is 5.57 Å². The van der Waals surface area contributed by atoms with Crippen LogP contribution in [-0.2, 0) is 4.79 Å². The fourth-order valence-electron chi connectivity index (χ4n) is 2.52. The predicted molar refractivity (Wildman–Crippen MR) is 105 cm³/mol. The monoisotopic (exact) mass is 372 g/mol. The summed E-state index contributed by atoms with van der Waals surface area (Å²) in [4.78, 5) is 19.8. The number of amidine groups is 1. The van der Waals surface area contributed by atoms with Gasteiger partial charge in [0.05, 0.1) is 4.91 Å². The van der Waals surface area contributed by atoms with Crippen molar-refractivity contribution in [2.75, 3.05) is 6.54 Å². The van der Waals surface area contributed by atoms with E-state index in [1.165, 1.54) is 34.2 Å². The lowest BCUT2D eigenvalue weighted by Gasteiger charge is -2.11. The van der Waals surface area contributed by atoms with Gasteiger partial charge in [-0.2, -0.15) is 4.99 Å². The molecule has 1 aromatic heterocycles. The Kier molecular flexibility index (Phi) is 5.06. The van der Waals surface area contributed by atoms with Gasteiger partial charge < -0.3 is 0 Å². The average molecular weight is 373 g/mol. The minimum absolute atomic E-state index is 0.00298. The van der Waals surface area contributed by atoms with Crippen molar-refractivity contribution >= 4 is 44.9 Å². The van der Waals surface area contributed by atoms with Gasteiger partial charge in [0.1, 0.15) is 5.01 Å². The first-order valence-corrected chi connectivity index (χ1v) is 9.71. The summed E-state index contributed by atoms with van der Waals surface area (Å²) in [5, 5.41) is 10.1. The third-order valence-electron chi connectivity index (χ3n) is 4.17. The van der Waals surface area contributed by atoms with E-state index in [1.54, 1.807) is 4.90 Å². The number of benzene rings is 1. The van der Waals surface area contributed by atoms with Crippen molar-refractivity contribution in [3.05, 3.63) is 44.8 Å². The van der Waals surface area contributed by atoms with E-state index in [0.717, 1.165) is 21.0 Å². The molecule has 1 aromatic carbocycles. The molecule has 0 saturated carbocycles. The second kappa shape index (κ2) is 7.09. The summed E-state index contributed by atoms with van der Waals surface area (Å²) in [6.07, 6.45) is 0. The largest absolute Gasteiger partial charge is 0.287 e. The van der Waals surface area contributed by atoms with Crippen molar-refractivity contribution < 1.29 is 4.79 Å². The number of rotatable bonds is 3. The Morgan fingerprint density at radius 2 is 1.96 bits per heavy atom. The number of hydrogen-bond acceptors (Lipinski definition) is 6. The molecule has 1 aliphatic rings. The summed E-state index contributed by atoms with van der Waals surface area (Å²) in [7, 11) is 0. The minimum atomic E-state index is 0.00298. The molecule has 2 heterocycles. The highest BCUT2D eigenvalue weighted by atomic mass is 32.2. The normalized spacial score (nSPS) is 18.4. The molecule has 0 bridgehead atoms. The molecule has 0 aliphatic carbocycles. The number of hydrogen-bond donors (Lipinski definition) is 0. The van der Waals surface area contributed by atoms with Crippen molar-refractivity contribution in [3.63, 3.8) is 0 Å². The zero-order valence-electron chi connectivity index (χ0n) is 15.0. The van der Waals surface area contributed by atoms with Crippen molar-refractivity contribution in [1.29, 1.82) is 0 Å². The SMILES string of the molecule is CCN1C(=O)/C(=C(\C)c2ccc(C)c(C)c2)S/C1=N/c1nnc(C)s1. The van der Waals surface area contributed by atoms with Gasteiger partial charge in [0.25, 0.3) is 5.91 Å². The molecule has 0 unspecified atom stereocenters. The van der Waals surface area contributed by atoms with Crippen LogP contribution in [0.3, 0.4) is 0 Å². The number of aromatic nitrogens is 2. The van der Waals surface area contributed by atoms with Gasteiger partial charge in [-0.1, -0.05) is 29.5 Å². The van der Waals surface area contributed by atoms with E-state index in [2.05, 4.69) is 47.2 Å². The van der Waals surface area contributed by atoms with Gasteiger partial charge in [0, 0.05) is 6.54 Å². The highest BCUT2D eigenvalue weighted by Gasteiger charge is 2.34. The molecular formula is C18H20N4OS2. The maximum Gasteiger partial charge on any atom is 0.267 e. The zero-order valence-corrected chi connectivity index (χ0v) is 16.6. The Balaban J connectivity index is 2.01. The molecule has 7 heteroatoms. The summed E-state index contributed by atoms with van der Waals surface area (Å²) < 4.78 is 0. The van der Waals surface area contributed by atoms with Gasteiger partial charge in [-0.3, -0.25) is 9.69 Å². The molecule has 1 saturated heterocycles. The molecule has 0 atom stereocenters. The van der Waals surface area contributed by atoms with Crippen LogP contribution >= 0.6 is 23.1 Å². The summed E-state index contributed by atoms with van der Waals surface area (Å²) in [6.45, 7) is 10.6. The van der Waals surface area contributed by atoms with Crippen LogP contribution in [0.4, 0.5) is 5.13 Å². The van der Waals surface area contributed by atoms with E-state index in [1.807, 2.05) is 20.8 Å². The Morgan fingerprint density at radius 3 is 2.56 bits per heavy atom. The second-order valence-electron chi connectivity index (χ2n) is 5.90. The average Bonchev–Trinajstić information content (AvgIpc) is 3.12. The number of nitrogens with zero attached hydrogens (tertiary/aromatic N) is 4. The van der Waals surface area contributed by atoms with Crippen LogP contribution in [0.1, 0.15) is 35.5 Å². The molecule has 1 aliphatic heterocycles. The number of thioether (sulfide) groups is 1. The van der Waals surface area contributed by atoms with Crippen molar-refractivity contribution in [1.82, 2.24) is 15.1 Å². The first-order chi connectivity index (χ1) is 11.9. The molecule has 1 amide bonds. The van der Waals surface area contributed by atoms with Crippen LogP contribution in [0.2, 0.25) is 0 Å². The highest BCUT2D eigenvalue weighted by molar-refractivity contribution is 8.18. The fourth-order valence-corrected chi connectivity index (χ4v) is 4.24. The van der Waals surface area contributed by atoms with Crippen LogP contribution in [0, 0.1) is 20.8 Å². The minimum Gasteiger partial charge on any atom is -0.287 e. The quantitative estimate of drug-likeness (QED) is 0.746. The van der Waals surface area contributed by atoms with Crippen molar-refractivity contribution in [3.8, 4) is 0 Å². The number of allylic oxidation sites excluding steroid dienone is 1. The number of aryl methyl sites for hydroxylation is 3. The Hall–Kier alpha value is -1.99. The summed E-state index contributed by atoms with van der Waals surface area (Å²) >= 11 is 2.83. The van der Waals surface area contributed by atoms with Gasteiger partial charge in [-0.05, 0) is 68.6 Å². The summed E-state index contributed by atoms with van der Waals surface area (Å²) in [6, 6.07) is 6.29. The smallest absolute Gasteiger partial charge is 0.267 e. The summed E-state index contributed by atoms with van der Waals surface area (Å²) in [5.41, 5.74) is 4.52. The van der Waals surface area contributed by atoms with E-state index >= 15 is 0 Å². The molecule has 2 aromatic rings. The van der Waals surface area contributed by atoms with Crippen LogP contribution < -0.4 is 0 Å². The van der Waals surface area contributed by atoms with Gasteiger partial charge in [0.15, 0.2) is 5.17 Å². The predicted octanol–water partition coefficient (Wildman–Crippen LogP) is 4.48. The molecule has 1 fully saturated rings. The lowest BCUT2D eigenvalue weighted by molar-refractivity contribution is -0.122. The highest BCUT2D eigenvalue weighted by Crippen LogP contribution is 2.38. The first kappa shape index (κ1) is 17.8. The van der Waals surface area contributed by atoms with Crippen molar-refractivity contribution in [2.45, 2.75) is 34.6 Å². The molecule has 3 rings (SSSR count). The van der Waals surface area contributed by atoms with Gasteiger partial charge >= 0.3 is 0 Å². The van der Waals surface area contributed by atoms with Gasteiger partial charge in [-0.15, -0.1) is 10.2 Å². The number of aliphatic imine (C=N–C) groups is 1. The third-order valence-corrected chi connectivity index (χ3v) is 6.08. The molecule has 0 radical (unpaired) electrons. The van der Waals surface area contributed by atoms with E-state index < -0.39 is 0 Å². The third kappa shape index (κ3) is 3.52. The number of likely N-dealkylation sites (N-methyl/N-ethyl adjacent to an activating group) is 1. The number of carbonyl (C=O) groups excluding carboxylic acids is 1. The van der Waals surface area contributed by atoms with E-state index in [9.17, 15) is 4.79 Å². The van der Waals surface area contributed by atoms with E-state index in [-0.39, 0.29) is 5.91 Å². The Bertz CT molecular complexity index is 898. The summed E-state index contributed by atoms with van der Waals surface area (Å²) in [5.74, 6) is 0.00298. The van der Waals surface area contributed by atoms with Gasteiger partial charge in [0.2, 0.25) is 5.13 Å². The fraction of sp³-hybridized carbons (Fsp3) is 0.333. The first-order valence-electron chi connectivity index (χ1n) is 8.07. The zero-order chi connectivity index (χ0) is 18.1. The van der Waals surface area contributed by atoms with Crippen LogP contribution in [0.15, 0.2) is 28.1 Å². The maximum atomic E-state index is 12.8.